The van der Waals surface area contributed by atoms with Crippen LogP contribution in [-0.2, 0) is 13.1 Å². The summed E-state index contributed by atoms with van der Waals surface area (Å²) >= 11 is 7.44. The Morgan fingerprint density at radius 1 is 1.00 bits per heavy atom. The zero-order chi connectivity index (χ0) is 33.8. The second-order valence-corrected chi connectivity index (χ2v) is 12.2. The van der Waals surface area contributed by atoms with Gasteiger partial charge in [-0.25, -0.2) is 0 Å². The maximum Gasteiger partial charge on any atom is 0.280 e. The zero-order valence-corrected chi connectivity index (χ0v) is 26.3. The third-order valence-corrected chi connectivity index (χ3v) is 8.52. The molecule has 238 valence electrons. The number of benzene rings is 2. The number of rotatable bonds is 11. The minimum absolute atomic E-state index is 0.0277. The molecule has 0 amide bonds. The fourth-order valence-corrected chi connectivity index (χ4v) is 5.90. The lowest BCUT2D eigenvalue weighted by Gasteiger charge is -2.11. The molecule has 4 heterocycles. The van der Waals surface area contributed by atoms with Gasteiger partial charge in [-0.3, -0.25) is 23.7 Å². The Labute approximate surface area is 281 Å². The summed E-state index contributed by atoms with van der Waals surface area (Å²) in [7, 11) is 0. The molecule has 0 fully saturated rings. The van der Waals surface area contributed by atoms with Crippen LogP contribution in [0.25, 0.3) is 11.4 Å². The van der Waals surface area contributed by atoms with E-state index in [0.717, 1.165) is 20.2 Å². The van der Waals surface area contributed by atoms with Crippen LogP contribution in [0.1, 0.15) is 53.4 Å². The highest BCUT2D eigenvalue weighted by Crippen LogP contribution is 2.27. The molecule has 0 bridgehead atoms. The summed E-state index contributed by atoms with van der Waals surface area (Å²) in [6.07, 6.45) is -0.0732. The number of aliphatic hydroxyl groups is 1. The molecule has 0 saturated carbocycles. The lowest BCUT2D eigenvalue weighted by Crippen LogP contribution is -2.26. The van der Waals surface area contributed by atoms with E-state index >= 15 is 0 Å². The summed E-state index contributed by atoms with van der Waals surface area (Å²) in [6, 6.07) is 25.1. The molecule has 6 rings (SSSR count). The van der Waals surface area contributed by atoms with Gasteiger partial charge in [-0.1, -0.05) is 59.2 Å². The molecule has 2 aromatic carbocycles. The van der Waals surface area contributed by atoms with Crippen molar-refractivity contribution < 1.29 is 24.0 Å². The molecule has 1 atom stereocenters. The highest BCUT2D eigenvalue weighted by molar-refractivity contribution is 7.16. The van der Waals surface area contributed by atoms with E-state index in [2.05, 4.69) is 15.6 Å². The fourth-order valence-electron chi connectivity index (χ4n) is 4.87. The van der Waals surface area contributed by atoms with Crippen molar-refractivity contribution in [2.75, 3.05) is 5.32 Å². The minimum Gasteiger partial charge on any atom is -0.380 e. The lowest BCUT2D eigenvalue weighted by molar-refractivity contribution is 0.0747. The number of thiophene rings is 1. The van der Waals surface area contributed by atoms with Crippen LogP contribution in [0.2, 0.25) is 4.34 Å². The number of anilines is 1. The normalized spacial score (nSPS) is 11.5. The molecule has 0 saturated heterocycles. The first-order valence-corrected chi connectivity index (χ1v) is 15.5. The highest BCUT2D eigenvalue weighted by atomic mass is 35.5. The number of ketones is 2. The molecule has 2 N–H and O–H groups in total. The van der Waals surface area contributed by atoms with Crippen molar-refractivity contribution in [3.8, 4) is 17.5 Å². The summed E-state index contributed by atoms with van der Waals surface area (Å²) in [4.78, 5) is 53.7. The third kappa shape index (κ3) is 6.76. The number of aliphatic hydroxyl groups excluding tert-OH is 1. The number of nitrogens with one attached hydrogen (secondary N) is 1. The van der Waals surface area contributed by atoms with Crippen LogP contribution in [0.3, 0.4) is 0 Å². The monoisotopic (exact) mass is 678 g/mol. The van der Waals surface area contributed by atoms with Gasteiger partial charge in [0.1, 0.15) is 17.6 Å². The predicted molar refractivity (Wildman–Crippen MR) is 176 cm³/mol. The van der Waals surface area contributed by atoms with Crippen LogP contribution in [0.4, 0.5) is 5.82 Å². The molecule has 0 spiro atoms. The Hall–Kier alpha value is -5.94. The number of aromatic nitrogens is 4. The van der Waals surface area contributed by atoms with Gasteiger partial charge in [0.15, 0.2) is 5.78 Å². The molecule has 4 aromatic heterocycles. The number of halogens is 1. The van der Waals surface area contributed by atoms with Gasteiger partial charge in [-0.2, -0.15) is 15.0 Å². The van der Waals surface area contributed by atoms with Crippen molar-refractivity contribution in [1.82, 2.24) is 19.5 Å². The molecule has 0 aliphatic rings. The van der Waals surface area contributed by atoms with E-state index in [1.165, 1.54) is 60.0 Å². The van der Waals surface area contributed by atoms with Gasteiger partial charge in [-0.05, 0) is 35.9 Å². The Bertz CT molecular complexity index is 2230. The maximum absolute atomic E-state index is 13.9. The molecule has 12 nitrogen and oxygen atoms in total. The number of hydrogen-bond donors (Lipinski definition) is 2. The largest absolute Gasteiger partial charge is 0.380 e. The van der Waals surface area contributed by atoms with Crippen molar-refractivity contribution in [3.63, 3.8) is 0 Å². The summed E-state index contributed by atoms with van der Waals surface area (Å²) in [5, 5.41) is 31.4. The van der Waals surface area contributed by atoms with Crippen LogP contribution >= 0.6 is 22.9 Å². The highest BCUT2D eigenvalue weighted by Gasteiger charge is 2.23. The first kappa shape index (κ1) is 32.0. The molecule has 14 heteroatoms. The minimum atomic E-state index is -1.37. The average Bonchev–Trinajstić information content (AvgIpc) is 3.89. The van der Waals surface area contributed by atoms with E-state index in [4.69, 9.17) is 16.1 Å². The summed E-state index contributed by atoms with van der Waals surface area (Å²) in [5.41, 5.74) is 0.422. The number of nitriles is 1. The number of pyridine rings is 1. The third-order valence-electron chi connectivity index (χ3n) is 7.29. The summed E-state index contributed by atoms with van der Waals surface area (Å²) < 4.78 is 7.75. The zero-order valence-electron chi connectivity index (χ0n) is 24.7. The predicted octanol–water partition coefficient (Wildman–Crippen LogP) is 5.39. The number of carbonyl (C=O) groups excluding carboxylic acids is 3. The van der Waals surface area contributed by atoms with Gasteiger partial charge in [0.25, 0.3) is 11.5 Å². The van der Waals surface area contributed by atoms with Gasteiger partial charge < -0.3 is 14.9 Å². The second-order valence-electron chi connectivity index (χ2n) is 10.4. The van der Waals surface area contributed by atoms with E-state index in [9.17, 15) is 29.5 Å². The molecule has 0 aliphatic carbocycles. The smallest absolute Gasteiger partial charge is 0.280 e. The average molecular weight is 679 g/mol. The van der Waals surface area contributed by atoms with Gasteiger partial charge in [0.2, 0.25) is 11.5 Å². The van der Waals surface area contributed by atoms with E-state index in [-0.39, 0.29) is 46.2 Å². The number of hydrogen-bond acceptors (Lipinski definition) is 11. The Balaban J connectivity index is 1.36. The standard InChI is InChI=1S/C34H23ClN6O6S/c35-29-11-10-24(48-29)18-37-30-16-25(26-14-20(17-36)15-31(43)40(26)19-27(42)28-12-13-38-47-28)39-41(30)34(46)23-8-6-22(7-9-23)33(45)32(44)21-4-2-1-3-5-21/h1-16,32,37,44H,18-19H2. The van der Waals surface area contributed by atoms with Crippen molar-refractivity contribution >= 4 is 46.2 Å². The van der Waals surface area contributed by atoms with Crippen molar-refractivity contribution in [2.24, 2.45) is 0 Å². The topological polar surface area (TPSA) is 173 Å². The Morgan fingerprint density at radius 2 is 1.75 bits per heavy atom. The van der Waals surface area contributed by atoms with Crippen LogP contribution in [0, 0.1) is 11.3 Å². The summed E-state index contributed by atoms with van der Waals surface area (Å²) in [6.45, 7) is -0.174. The number of carbonyl (C=O) groups is 3. The number of Topliss-reactive ketones (excluding diaryl/α,β-unsaturated/α-hetero) is 2. The molecule has 1 unspecified atom stereocenters. The molecule has 0 aliphatic heterocycles. The van der Waals surface area contributed by atoms with Crippen molar-refractivity contribution in [1.29, 1.82) is 5.26 Å². The van der Waals surface area contributed by atoms with E-state index in [1.54, 1.807) is 36.4 Å². The molecular formula is C34H23ClN6O6S. The van der Waals surface area contributed by atoms with Crippen LogP contribution < -0.4 is 10.9 Å². The fraction of sp³-hybridized carbons (Fsp3) is 0.0882. The first-order chi connectivity index (χ1) is 23.2. The van der Waals surface area contributed by atoms with Crippen LogP contribution in [-0.4, -0.2) is 42.1 Å². The van der Waals surface area contributed by atoms with Gasteiger partial charge in [0, 0.05) is 34.2 Å². The van der Waals surface area contributed by atoms with E-state index < -0.39 is 35.7 Å². The van der Waals surface area contributed by atoms with E-state index in [1.807, 2.05) is 12.1 Å². The molecule has 6 aromatic rings. The Kier molecular flexibility index (Phi) is 9.22. The summed E-state index contributed by atoms with van der Waals surface area (Å²) in [5.74, 6) is -1.49. The molecular weight excluding hydrogens is 656 g/mol. The van der Waals surface area contributed by atoms with Crippen LogP contribution in [0.5, 0.6) is 0 Å². The second kappa shape index (κ2) is 13.8. The van der Waals surface area contributed by atoms with Crippen molar-refractivity contribution in [3.05, 3.63) is 145 Å². The van der Waals surface area contributed by atoms with Gasteiger partial charge in [-0.15, -0.1) is 11.3 Å². The number of nitrogens with zero attached hydrogens (tertiary/aromatic N) is 5. The van der Waals surface area contributed by atoms with Crippen molar-refractivity contribution in [2.45, 2.75) is 19.2 Å². The molecule has 0 radical (unpaired) electrons. The quantitative estimate of drug-likeness (QED) is 0.169. The van der Waals surface area contributed by atoms with Crippen LogP contribution in [0.15, 0.2) is 107 Å². The Morgan fingerprint density at radius 3 is 2.42 bits per heavy atom. The SMILES string of the molecule is N#Cc1cc(-c2cc(NCc3ccc(Cl)s3)n(C(=O)c3ccc(C(=O)C(O)c4ccccc4)cc3)n2)n(CC(=O)c2ccno2)c(=O)c1. The molecule has 48 heavy (non-hydrogen) atoms. The first-order valence-electron chi connectivity index (χ1n) is 14.3. The van der Waals surface area contributed by atoms with Gasteiger partial charge in [0.05, 0.1) is 40.9 Å². The van der Waals surface area contributed by atoms with E-state index in [0.29, 0.717) is 9.90 Å². The van der Waals surface area contributed by atoms with Gasteiger partial charge >= 0.3 is 0 Å². The maximum atomic E-state index is 13.9. The lowest BCUT2D eigenvalue weighted by atomic mass is 9.99.